The monoisotopic (exact) mass is 565 g/mol. The zero-order valence-electron chi connectivity index (χ0n) is 21.3. The first-order chi connectivity index (χ1) is 18.5. The second-order valence-corrected chi connectivity index (χ2v) is 10.0. The average molecular weight is 566 g/mol. The summed E-state index contributed by atoms with van der Waals surface area (Å²) < 4.78 is 54.8. The van der Waals surface area contributed by atoms with Crippen molar-refractivity contribution in [3.8, 4) is 16.3 Å². The molecule has 1 aliphatic heterocycles. The van der Waals surface area contributed by atoms with Crippen LogP contribution < -0.4 is 10.1 Å². The van der Waals surface area contributed by atoms with Crippen LogP contribution in [0.5, 0.6) is 5.75 Å². The topological polar surface area (TPSA) is 116 Å². The van der Waals surface area contributed by atoms with Crippen LogP contribution in [0.1, 0.15) is 39.6 Å². The Kier molecular flexibility index (Phi) is 8.65. The lowest BCUT2D eigenvalue weighted by molar-refractivity contribution is -0.145. The average Bonchev–Trinajstić information content (AvgIpc) is 3.37. The molecule has 1 N–H and O–H groups in total. The number of thiazole rings is 1. The highest BCUT2D eigenvalue weighted by atomic mass is 32.1. The van der Waals surface area contributed by atoms with Gasteiger partial charge in [0, 0.05) is 46.7 Å². The van der Waals surface area contributed by atoms with Gasteiger partial charge < -0.3 is 24.4 Å². The van der Waals surface area contributed by atoms with E-state index in [1.165, 1.54) is 23.3 Å². The summed E-state index contributed by atoms with van der Waals surface area (Å²) in [5.74, 6) is -1.35. The van der Waals surface area contributed by atoms with Crippen LogP contribution in [-0.2, 0) is 15.7 Å². The molecule has 3 heterocycles. The largest absolute Gasteiger partial charge is 0.491 e. The number of nitrogens with one attached hydrogen (secondary N) is 1. The molecule has 14 heteroatoms. The second kappa shape index (κ2) is 11.9. The minimum absolute atomic E-state index is 0.119. The molecule has 0 bridgehead atoms. The van der Waals surface area contributed by atoms with E-state index in [2.05, 4.69) is 20.3 Å². The predicted octanol–water partition coefficient (Wildman–Crippen LogP) is 4.26. The van der Waals surface area contributed by atoms with Crippen LogP contribution in [0.25, 0.3) is 10.6 Å². The zero-order chi connectivity index (χ0) is 28.2. The summed E-state index contributed by atoms with van der Waals surface area (Å²) in [5.41, 5.74) is 1.22. The van der Waals surface area contributed by atoms with E-state index in [0.717, 1.165) is 17.3 Å². The van der Waals surface area contributed by atoms with Gasteiger partial charge in [0.15, 0.2) is 0 Å². The Hall–Kier alpha value is -3.78. The van der Waals surface area contributed by atoms with Crippen molar-refractivity contribution in [1.82, 2.24) is 25.2 Å². The van der Waals surface area contributed by atoms with Crippen LogP contribution in [0.4, 0.5) is 18.0 Å². The molecule has 0 saturated carbocycles. The van der Waals surface area contributed by atoms with Crippen LogP contribution >= 0.6 is 11.3 Å². The van der Waals surface area contributed by atoms with Crippen molar-refractivity contribution in [3.05, 3.63) is 58.6 Å². The van der Waals surface area contributed by atoms with E-state index in [0.29, 0.717) is 35.0 Å². The number of hydrogen-bond acceptors (Lipinski definition) is 9. The van der Waals surface area contributed by atoms with Gasteiger partial charge in [-0.2, -0.15) is 13.2 Å². The van der Waals surface area contributed by atoms with Gasteiger partial charge in [-0.05, 0) is 32.0 Å². The highest BCUT2D eigenvalue weighted by Crippen LogP contribution is 2.30. The lowest BCUT2D eigenvalue weighted by Crippen LogP contribution is -2.47. The summed E-state index contributed by atoms with van der Waals surface area (Å²) in [6, 6.07) is 4.29. The molecule has 1 saturated heterocycles. The number of aryl methyl sites for hydroxylation is 1. The molecular weight excluding hydrogens is 539 g/mol. The summed E-state index contributed by atoms with van der Waals surface area (Å²) in [7, 11) is 1.31. The Morgan fingerprint density at radius 3 is 2.59 bits per heavy atom. The molecule has 2 aromatic heterocycles. The third kappa shape index (κ3) is 7.20. The Bertz CT molecular complexity index is 1320. The molecule has 10 nitrogen and oxygen atoms in total. The van der Waals surface area contributed by atoms with Crippen molar-refractivity contribution in [3.63, 3.8) is 0 Å². The number of carbonyl (C=O) groups is 2. The van der Waals surface area contributed by atoms with Crippen LogP contribution in [0, 0.1) is 6.92 Å². The van der Waals surface area contributed by atoms with E-state index >= 15 is 0 Å². The maximum absolute atomic E-state index is 13.2. The van der Waals surface area contributed by atoms with Gasteiger partial charge in [-0.1, -0.05) is 0 Å². The lowest BCUT2D eigenvalue weighted by atomic mass is 10.1. The maximum atomic E-state index is 13.2. The number of amides is 2. The second-order valence-electron chi connectivity index (χ2n) is 8.77. The van der Waals surface area contributed by atoms with Crippen LogP contribution in [-0.4, -0.2) is 71.4 Å². The molecule has 1 aliphatic rings. The van der Waals surface area contributed by atoms with Crippen molar-refractivity contribution < 1.29 is 37.0 Å². The molecule has 0 aliphatic carbocycles. The summed E-state index contributed by atoms with van der Waals surface area (Å²) in [5, 5.41) is 3.44. The van der Waals surface area contributed by atoms with Crippen LogP contribution in [0.2, 0.25) is 0 Å². The number of nitrogens with zero attached hydrogens (tertiary/aromatic N) is 4. The molecule has 0 radical (unpaired) electrons. The van der Waals surface area contributed by atoms with Crippen LogP contribution in [0.3, 0.4) is 0 Å². The van der Waals surface area contributed by atoms with Gasteiger partial charge in [0.2, 0.25) is 5.82 Å². The first-order valence-corrected chi connectivity index (χ1v) is 12.7. The Morgan fingerprint density at radius 2 is 1.95 bits per heavy atom. The van der Waals surface area contributed by atoms with Gasteiger partial charge in [0.1, 0.15) is 23.5 Å². The fourth-order valence-electron chi connectivity index (χ4n) is 3.80. The Balaban J connectivity index is 1.51. The van der Waals surface area contributed by atoms with Gasteiger partial charge in [-0.15, -0.1) is 11.3 Å². The van der Waals surface area contributed by atoms with Gasteiger partial charge in [0.05, 0.1) is 26.3 Å². The molecular formula is C25H26F3N5O5S. The summed E-state index contributed by atoms with van der Waals surface area (Å²) >= 11 is 1.45. The van der Waals surface area contributed by atoms with Crippen molar-refractivity contribution in [2.24, 2.45) is 0 Å². The molecule has 2 atom stereocenters. The smallest absolute Gasteiger partial charge is 0.451 e. The highest BCUT2D eigenvalue weighted by molar-refractivity contribution is 7.14. The number of ether oxygens (including phenoxy) is 3. The fraction of sp³-hybridized carbons (Fsp3) is 0.400. The molecule has 4 rings (SSSR count). The third-order valence-corrected chi connectivity index (χ3v) is 6.78. The number of methoxy groups -OCH3 is 1. The van der Waals surface area contributed by atoms with E-state index in [4.69, 9.17) is 14.2 Å². The number of halogens is 3. The van der Waals surface area contributed by atoms with Crippen molar-refractivity contribution in [1.29, 1.82) is 0 Å². The third-order valence-electron chi connectivity index (χ3n) is 5.82. The van der Waals surface area contributed by atoms with Gasteiger partial charge in [-0.25, -0.2) is 19.7 Å². The molecule has 3 aromatic rings. The Labute approximate surface area is 226 Å². The van der Waals surface area contributed by atoms with Crippen molar-refractivity contribution in [2.45, 2.75) is 32.2 Å². The van der Waals surface area contributed by atoms with E-state index in [-0.39, 0.29) is 18.7 Å². The molecule has 0 spiro atoms. The standard InChI is InChI=1S/C25H26F3N5O5S/c1-14-9-29-22(39-14)17-6-16(21(34)32-15(2)18-10-30-23(31-11-18)25(26,27)28)7-19(8-17)38-13-20-12-33(4-5-37-20)24(35)36-3/h6-11,15,20H,4-5,12-13H2,1-3H3,(H,32,34)/t15?,20-/m0/s1. The van der Waals surface area contributed by atoms with E-state index in [1.807, 2.05) is 6.92 Å². The van der Waals surface area contributed by atoms with E-state index in [9.17, 15) is 22.8 Å². The number of carbonyl (C=O) groups excluding carboxylic acids is 2. The van der Waals surface area contributed by atoms with Gasteiger partial charge in [-0.3, -0.25) is 4.79 Å². The van der Waals surface area contributed by atoms with Crippen molar-refractivity contribution in [2.75, 3.05) is 33.4 Å². The molecule has 2 amide bonds. The first-order valence-electron chi connectivity index (χ1n) is 11.9. The van der Waals surface area contributed by atoms with Crippen LogP contribution in [0.15, 0.2) is 36.8 Å². The number of morpholine rings is 1. The SMILES string of the molecule is COC(=O)N1CCO[C@H](COc2cc(C(=O)NC(C)c3cnc(C(F)(F)F)nc3)cc(-c3ncc(C)s3)c2)C1. The molecule has 1 fully saturated rings. The number of hydrogen-bond donors (Lipinski definition) is 1. The Morgan fingerprint density at radius 1 is 1.21 bits per heavy atom. The van der Waals surface area contributed by atoms with E-state index in [1.54, 1.807) is 31.3 Å². The summed E-state index contributed by atoms with van der Waals surface area (Å²) in [6.07, 6.45) is -1.72. The number of rotatable bonds is 7. The molecule has 208 valence electrons. The quantitative estimate of drug-likeness (QED) is 0.452. The zero-order valence-corrected chi connectivity index (χ0v) is 22.1. The molecule has 1 unspecified atom stereocenters. The van der Waals surface area contributed by atoms with Gasteiger partial charge in [0.25, 0.3) is 5.91 Å². The first kappa shape index (κ1) is 28.2. The molecule has 1 aromatic carbocycles. The summed E-state index contributed by atoms with van der Waals surface area (Å²) in [6.45, 7) is 4.68. The number of benzene rings is 1. The minimum Gasteiger partial charge on any atom is -0.491 e. The minimum atomic E-state index is -4.66. The fourth-order valence-corrected chi connectivity index (χ4v) is 4.55. The summed E-state index contributed by atoms with van der Waals surface area (Å²) in [4.78, 5) is 38.6. The molecule has 39 heavy (non-hydrogen) atoms. The van der Waals surface area contributed by atoms with Gasteiger partial charge >= 0.3 is 12.3 Å². The normalized spacial score (nSPS) is 16.5. The predicted molar refractivity (Wildman–Crippen MR) is 134 cm³/mol. The maximum Gasteiger partial charge on any atom is 0.451 e. The highest BCUT2D eigenvalue weighted by Gasteiger charge is 2.34. The number of alkyl halides is 3. The van der Waals surface area contributed by atoms with E-state index < -0.39 is 36.1 Å². The van der Waals surface area contributed by atoms with Crippen molar-refractivity contribution >= 4 is 23.3 Å². The lowest BCUT2D eigenvalue weighted by Gasteiger charge is -2.31. The number of aromatic nitrogens is 3.